The molecule has 0 aliphatic heterocycles. The van der Waals surface area contributed by atoms with Gasteiger partial charge < -0.3 is 5.32 Å². The first kappa shape index (κ1) is 25.3. The predicted molar refractivity (Wildman–Crippen MR) is 125 cm³/mol. The van der Waals surface area contributed by atoms with Crippen LogP contribution in [0.25, 0.3) is 0 Å². The van der Waals surface area contributed by atoms with E-state index in [1.54, 1.807) is 23.5 Å². The first-order chi connectivity index (χ1) is 13.6. The number of nitrogens with zero attached hydrogens (tertiary/aromatic N) is 2. The molecular formula is C22H39N3OS2. The molecule has 4 nitrogen and oxygen atoms in total. The molecule has 0 aliphatic carbocycles. The normalized spacial score (nSPS) is 11.0. The maximum Gasteiger partial charge on any atom is 0.224 e. The Hall–Kier alpha value is -0.750. The summed E-state index contributed by atoms with van der Waals surface area (Å²) in [5.74, 6) is 0.817. The summed E-state index contributed by atoms with van der Waals surface area (Å²) in [6.45, 7) is 4.15. The van der Waals surface area contributed by atoms with Crippen molar-refractivity contribution in [2.24, 2.45) is 0 Å². The largest absolute Gasteiger partial charge is 0.322 e. The van der Waals surface area contributed by atoms with Gasteiger partial charge in [0.15, 0.2) is 0 Å². The Morgan fingerprint density at radius 2 is 1.21 bits per heavy atom. The van der Waals surface area contributed by atoms with Crippen molar-refractivity contribution in [3.05, 3.63) is 5.82 Å². The number of anilines is 1. The highest BCUT2D eigenvalue weighted by Gasteiger charge is 2.14. The van der Waals surface area contributed by atoms with Gasteiger partial charge in [-0.15, -0.1) is 23.5 Å². The van der Waals surface area contributed by atoms with E-state index in [-0.39, 0.29) is 5.91 Å². The fourth-order valence-corrected chi connectivity index (χ4v) is 4.47. The minimum absolute atomic E-state index is 0.0742. The van der Waals surface area contributed by atoms with Crippen molar-refractivity contribution in [2.45, 2.75) is 107 Å². The molecule has 1 N–H and O–H groups in total. The monoisotopic (exact) mass is 425 g/mol. The molecule has 0 aromatic carbocycles. The van der Waals surface area contributed by atoms with Gasteiger partial charge in [-0.3, -0.25) is 4.79 Å². The average Bonchev–Trinajstić information content (AvgIpc) is 2.69. The number of rotatable bonds is 16. The van der Waals surface area contributed by atoms with Crippen molar-refractivity contribution in [3.63, 3.8) is 0 Å². The summed E-state index contributed by atoms with van der Waals surface area (Å²) in [6, 6.07) is 0. The second-order valence-corrected chi connectivity index (χ2v) is 8.94. The van der Waals surface area contributed by atoms with E-state index in [1.165, 1.54) is 64.2 Å². The zero-order valence-electron chi connectivity index (χ0n) is 18.3. The number of nitrogens with one attached hydrogen (secondary N) is 1. The van der Waals surface area contributed by atoms with Gasteiger partial charge >= 0.3 is 0 Å². The Balaban J connectivity index is 2.15. The molecule has 0 spiro atoms. The van der Waals surface area contributed by atoms with Crippen molar-refractivity contribution in [3.8, 4) is 0 Å². The lowest BCUT2D eigenvalue weighted by atomic mass is 10.0. The Morgan fingerprint density at radius 3 is 1.64 bits per heavy atom. The lowest BCUT2D eigenvalue weighted by Crippen LogP contribution is -2.14. The highest BCUT2D eigenvalue weighted by Crippen LogP contribution is 2.31. The molecule has 1 heterocycles. The molecule has 0 saturated carbocycles. The van der Waals surface area contributed by atoms with Gasteiger partial charge in [-0.1, -0.05) is 77.6 Å². The van der Waals surface area contributed by atoms with Gasteiger partial charge in [-0.25, -0.2) is 9.97 Å². The molecule has 0 bridgehead atoms. The third-order valence-corrected chi connectivity index (χ3v) is 6.23. The molecule has 0 fully saturated rings. The summed E-state index contributed by atoms with van der Waals surface area (Å²) in [4.78, 5) is 21.2. The second-order valence-electron chi connectivity index (χ2n) is 7.35. The van der Waals surface area contributed by atoms with Gasteiger partial charge in [0, 0.05) is 6.42 Å². The average molecular weight is 426 g/mol. The zero-order chi connectivity index (χ0) is 20.6. The van der Waals surface area contributed by atoms with E-state index in [0.717, 1.165) is 34.4 Å². The van der Waals surface area contributed by atoms with E-state index in [0.29, 0.717) is 6.42 Å². The van der Waals surface area contributed by atoms with E-state index in [1.807, 2.05) is 19.4 Å². The minimum Gasteiger partial charge on any atom is -0.322 e. The molecule has 28 heavy (non-hydrogen) atoms. The van der Waals surface area contributed by atoms with Crippen molar-refractivity contribution in [2.75, 3.05) is 17.8 Å². The second kappa shape index (κ2) is 16.1. The van der Waals surface area contributed by atoms with E-state index in [2.05, 4.69) is 22.2 Å². The number of amides is 1. The summed E-state index contributed by atoms with van der Waals surface area (Å²) in [6.07, 6.45) is 20.2. The van der Waals surface area contributed by atoms with Crippen molar-refractivity contribution in [1.29, 1.82) is 0 Å². The third kappa shape index (κ3) is 10.7. The molecule has 0 radical (unpaired) electrons. The standard InChI is InChI=1S/C22H39N3OS2/c1-5-6-7-8-9-10-11-12-13-14-15-16-17-19(26)25-20-21(27-3)23-18(2)24-22(20)28-4/h5-17H2,1-4H3,(H,25,26). The summed E-state index contributed by atoms with van der Waals surface area (Å²) >= 11 is 3.10. The molecule has 1 aromatic rings. The molecule has 1 amide bonds. The number of aromatic nitrogens is 2. The van der Waals surface area contributed by atoms with Gasteiger partial charge in [0.2, 0.25) is 5.91 Å². The first-order valence-electron chi connectivity index (χ1n) is 10.9. The molecule has 0 unspecified atom stereocenters. The van der Waals surface area contributed by atoms with Crippen molar-refractivity contribution < 1.29 is 4.79 Å². The summed E-state index contributed by atoms with van der Waals surface area (Å²) in [5.41, 5.74) is 0.773. The Bertz CT molecular complexity index is 542. The lowest BCUT2D eigenvalue weighted by Gasteiger charge is -2.13. The molecule has 1 rings (SSSR count). The maximum absolute atomic E-state index is 12.3. The van der Waals surface area contributed by atoms with Gasteiger partial charge in [-0.2, -0.15) is 0 Å². The van der Waals surface area contributed by atoms with Crippen LogP contribution in [0, 0.1) is 6.92 Å². The molecule has 160 valence electrons. The van der Waals surface area contributed by atoms with Gasteiger partial charge in [0.05, 0.1) is 0 Å². The van der Waals surface area contributed by atoms with Crippen LogP contribution in [0.1, 0.15) is 96.2 Å². The van der Waals surface area contributed by atoms with Gasteiger partial charge in [0.25, 0.3) is 0 Å². The Labute approximate surface area is 180 Å². The van der Waals surface area contributed by atoms with Crippen LogP contribution in [0.15, 0.2) is 10.1 Å². The SMILES string of the molecule is CCCCCCCCCCCCCCC(=O)Nc1c(SC)nc(C)nc1SC. The highest BCUT2D eigenvalue weighted by atomic mass is 32.2. The number of thioether (sulfide) groups is 2. The number of aryl methyl sites for hydroxylation is 1. The summed E-state index contributed by atoms with van der Waals surface area (Å²) in [7, 11) is 0. The van der Waals surface area contributed by atoms with Crippen LogP contribution in [-0.2, 0) is 4.79 Å². The minimum atomic E-state index is 0.0742. The number of hydrogen-bond donors (Lipinski definition) is 1. The van der Waals surface area contributed by atoms with Crippen LogP contribution in [0.3, 0.4) is 0 Å². The lowest BCUT2D eigenvalue weighted by molar-refractivity contribution is -0.116. The van der Waals surface area contributed by atoms with Crippen molar-refractivity contribution >= 4 is 35.1 Å². The molecule has 6 heteroatoms. The topological polar surface area (TPSA) is 54.9 Å². The van der Waals surface area contributed by atoms with Crippen LogP contribution >= 0.6 is 23.5 Å². The van der Waals surface area contributed by atoms with Crippen LogP contribution in [0.4, 0.5) is 5.69 Å². The predicted octanol–water partition coefficient (Wildman–Crippen LogP) is 7.26. The highest BCUT2D eigenvalue weighted by molar-refractivity contribution is 7.99. The van der Waals surface area contributed by atoms with Crippen molar-refractivity contribution in [1.82, 2.24) is 9.97 Å². The smallest absolute Gasteiger partial charge is 0.224 e. The number of unbranched alkanes of at least 4 members (excludes halogenated alkanes) is 11. The van der Waals surface area contributed by atoms with Crippen LogP contribution < -0.4 is 5.32 Å². The molecule has 0 aliphatic rings. The van der Waals surface area contributed by atoms with E-state index in [4.69, 9.17) is 0 Å². The summed E-state index contributed by atoms with van der Waals surface area (Å²) < 4.78 is 0. The fourth-order valence-electron chi connectivity index (χ4n) is 3.25. The van der Waals surface area contributed by atoms with Gasteiger partial charge in [0.1, 0.15) is 21.6 Å². The first-order valence-corrected chi connectivity index (χ1v) is 13.3. The van der Waals surface area contributed by atoms with Crippen LogP contribution in [0.2, 0.25) is 0 Å². The van der Waals surface area contributed by atoms with E-state index in [9.17, 15) is 4.79 Å². The van der Waals surface area contributed by atoms with E-state index < -0.39 is 0 Å². The Morgan fingerprint density at radius 1 is 0.786 bits per heavy atom. The maximum atomic E-state index is 12.3. The Kier molecular flexibility index (Phi) is 14.5. The van der Waals surface area contributed by atoms with Crippen LogP contribution in [0.5, 0.6) is 0 Å². The number of carbonyl (C=O) groups is 1. The molecular weight excluding hydrogens is 386 g/mol. The number of hydrogen-bond acceptors (Lipinski definition) is 5. The fraction of sp³-hybridized carbons (Fsp3) is 0.773. The quantitative estimate of drug-likeness (QED) is 0.172. The van der Waals surface area contributed by atoms with Gasteiger partial charge in [-0.05, 0) is 25.9 Å². The zero-order valence-corrected chi connectivity index (χ0v) is 19.9. The molecule has 0 atom stereocenters. The van der Waals surface area contributed by atoms with E-state index >= 15 is 0 Å². The molecule has 0 saturated heterocycles. The number of carbonyl (C=O) groups excluding carboxylic acids is 1. The molecule has 1 aromatic heterocycles. The third-order valence-electron chi connectivity index (χ3n) is 4.86. The van der Waals surface area contributed by atoms with Crippen LogP contribution in [-0.4, -0.2) is 28.4 Å². The summed E-state index contributed by atoms with van der Waals surface area (Å²) in [5, 5.41) is 4.74.